The molecule has 0 aliphatic rings. The fraction of sp³-hybridized carbons (Fsp3) is 0.771. The van der Waals surface area contributed by atoms with Crippen molar-refractivity contribution in [2.75, 3.05) is 47.5 Å². The first-order valence-corrected chi connectivity index (χ1v) is 16.6. The van der Waals surface area contributed by atoms with Gasteiger partial charge in [-0.25, -0.2) is 0 Å². The van der Waals surface area contributed by atoms with Crippen molar-refractivity contribution >= 4 is 11.9 Å². The molecule has 0 aliphatic carbocycles. The third-order valence-electron chi connectivity index (χ3n) is 7.18. The van der Waals surface area contributed by atoms with Gasteiger partial charge >= 0.3 is 11.9 Å². The van der Waals surface area contributed by atoms with Crippen LogP contribution in [-0.2, 0) is 35.1 Å². The number of carbonyl (C=O) groups is 2. The molecule has 0 aliphatic heterocycles. The van der Waals surface area contributed by atoms with Gasteiger partial charge in [0.25, 0.3) is 0 Å². The number of hydrogen-bond donors (Lipinski definition) is 0. The number of quaternary nitrogens is 1. The molecular weight excluding hydrogens is 530 g/mol. The first-order chi connectivity index (χ1) is 20.2. The summed E-state index contributed by atoms with van der Waals surface area (Å²) in [6, 6.07) is 9.93. The highest BCUT2D eigenvalue weighted by molar-refractivity contribution is 5.71. The minimum absolute atomic E-state index is 0.0143. The third kappa shape index (κ3) is 23.6. The maximum absolute atomic E-state index is 12.6. The van der Waals surface area contributed by atoms with Crippen LogP contribution in [-0.4, -0.2) is 76.1 Å². The second kappa shape index (κ2) is 24.5. The van der Waals surface area contributed by atoms with E-state index >= 15 is 0 Å². The highest BCUT2D eigenvalue weighted by atomic mass is 16.6. The molecule has 0 radical (unpaired) electrons. The molecule has 2 unspecified atom stereocenters. The monoisotopic (exact) mass is 592 g/mol. The van der Waals surface area contributed by atoms with Gasteiger partial charge in [-0.2, -0.15) is 0 Å². The molecule has 0 saturated heterocycles. The van der Waals surface area contributed by atoms with Crippen molar-refractivity contribution in [3.05, 3.63) is 35.9 Å². The summed E-state index contributed by atoms with van der Waals surface area (Å²) in [4.78, 5) is 24.1. The molecule has 1 aromatic rings. The van der Waals surface area contributed by atoms with Gasteiger partial charge in [-0.3, -0.25) is 9.59 Å². The number of nitrogens with zero attached hydrogens (tertiary/aromatic N) is 1. The Morgan fingerprint density at radius 2 is 1.29 bits per heavy atom. The van der Waals surface area contributed by atoms with Gasteiger partial charge in [0, 0.05) is 13.5 Å². The molecule has 0 bridgehead atoms. The van der Waals surface area contributed by atoms with E-state index in [1.165, 1.54) is 90.4 Å². The van der Waals surface area contributed by atoms with Crippen LogP contribution in [0.15, 0.2) is 30.3 Å². The van der Waals surface area contributed by atoms with E-state index in [1.54, 1.807) is 0 Å². The molecule has 7 heteroatoms. The van der Waals surface area contributed by atoms with Crippen LogP contribution in [0.3, 0.4) is 0 Å². The quantitative estimate of drug-likeness (QED) is 0.0594. The van der Waals surface area contributed by atoms with Crippen LogP contribution >= 0.6 is 0 Å². The lowest BCUT2D eigenvalue weighted by Gasteiger charge is -2.28. The molecule has 0 aromatic heterocycles. The van der Waals surface area contributed by atoms with E-state index in [2.05, 4.69) is 6.92 Å². The van der Waals surface area contributed by atoms with Crippen molar-refractivity contribution in [2.45, 2.75) is 129 Å². The molecular formula is C35H62NO6+. The maximum Gasteiger partial charge on any atom is 0.309 e. The molecule has 1 aromatic carbocycles. The number of likely N-dealkylation sites (N-methyl/N-ethyl adjacent to an activating group) is 1. The van der Waals surface area contributed by atoms with Gasteiger partial charge in [-0.05, 0) is 12.0 Å². The Bertz CT molecular complexity index is 794. The standard InChI is InChI=1S/C35H62NO6/c1-6-7-8-9-10-11-12-13-14-15-16-17-18-22-25-39-29-34(40-28-32-23-20-19-21-24-32)30-41-35(38)26-33(42-31(2)37)27-36(3,4)5/h19-21,23-24,33-34H,6-18,22,25-30H2,1-5H3/q+1. The molecule has 1 rings (SSSR count). The van der Waals surface area contributed by atoms with Crippen LogP contribution in [0, 0.1) is 0 Å². The van der Waals surface area contributed by atoms with E-state index in [9.17, 15) is 9.59 Å². The summed E-state index contributed by atoms with van der Waals surface area (Å²) in [5, 5.41) is 0. The first kappa shape index (κ1) is 38.1. The Kier molecular flexibility index (Phi) is 22.2. The Morgan fingerprint density at radius 3 is 1.81 bits per heavy atom. The van der Waals surface area contributed by atoms with E-state index in [4.69, 9.17) is 18.9 Å². The van der Waals surface area contributed by atoms with E-state index in [0.717, 1.165) is 12.0 Å². The third-order valence-corrected chi connectivity index (χ3v) is 7.18. The Labute approximate surface area is 257 Å². The Hall–Kier alpha value is -1.96. The van der Waals surface area contributed by atoms with Crippen molar-refractivity contribution in [3.8, 4) is 0 Å². The average molecular weight is 593 g/mol. The lowest BCUT2D eigenvalue weighted by molar-refractivity contribution is -0.873. The zero-order valence-corrected chi connectivity index (χ0v) is 27.6. The normalized spacial score (nSPS) is 13.1. The second-order valence-electron chi connectivity index (χ2n) is 12.7. The number of rotatable bonds is 27. The first-order valence-electron chi connectivity index (χ1n) is 16.6. The predicted octanol–water partition coefficient (Wildman–Crippen LogP) is 7.64. The van der Waals surface area contributed by atoms with E-state index in [-0.39, 0.29) is 19.1 Å². The second-order valence-corrected chi connectivity index (χ2v) is 12.7. The molecule has 0 spiro atoms. The number of esters is 2. The summed E-state index contributed by atoms with van der Waals surface area (Å²) in [5.41, 5.74) is 1.05. The lowest BCUT2D eigenvalue weighted by Crippen LogP contribution is -2.44. The molecule has 0 amide bonds. The highest BCUT2D eigenvalue weighted by Gasteiger charge is 2.25. The Balaban J connectivity index is 2.28. The maximum atomic E-state index is 12.6. The average Bonchev–Trinajstić information content (AvgIpc) is 2.93. The van der Waals surface area contributed by atoms with Crippen LogP contribution in [0.2, 0.25) is 0 Å². The minimum Gasteiger partial charge on any atom is -0.463 e. The van der Waals surface area contributed by atoms with Gasteiger partial charge in [0.05, 0.1) is 40.8 Å². The number of carbonyl (C=O) groups excluding carboxylic acids is 2. The Morgan fingerprint density at radius 1 is 0.738 bits per heavy atom. The fourth-order valence-electron chi connectivity index (χ4n) is 4.97. The van der Waals surface area contributed by atoms with Gasteiger partial charge in [0.1, 0.15) is 19.3 Å². The van der Waals surface area contributed by atoms with Crippen molar-refractivity contribution in [1.82, 2.24) is 0 Å². The molecule has 242 valence electrons. The molecule has 0 fully saturated rings. The number of ether oxygens (including phenoxy) is 4. The largest absolute Gasteiger partial charge is 0.463 e. The molecule has 7 nitrogen and oxygen atoms in total. The molecule has 0 saturated carbocycles. The summed E-state index contributed by atoms with van der Waals surface area (Å²) < 4.78 is 23.5. The summed E-state index contributed by atoms with van der Waals surface area (Å²) in [6.07, 6.45) is 17.7. The summed E-state index contributed by atoms with van der Waals surface area (Å²) in [7, 11) is 5.97. The molecule has 0 heterocycles. The fourth-order valence-corrected chi connectivity index (χ4v) is 4.97. The molecule has 42 heavy (non-hydrogen) atoms. The molecule has 2 atom stereocenters. The SMILES string of the molecule is CCCCCCCCCCCCCCCCOCC(COC(=O)CC(C[N+](C)(C)C)OC(C)=O)OCc1ccccc1. The zero-order valence-electron chi connectivity index (χ0n) is 27.6. The summed E-state index contributed by atoms with van der Waals surface area (Å²) in [6.45, 7) is 5.71. The topological polar surface area (TPSA) is 71.1 Å². The van der Waals surface area contributed by atoms with Crippen LogP contribution < -0.4 is 0 Å². The summed E-state index contributed by atoms with van der Waals surface area (Å²) >= 11 is 0. The van der Waals surface area contributed by atoms with Gasteiger partial charge in [0.2, 0.25) is 0 Å². The van der Waals surface area contributed by atoms with Crippen molar-refractivity contribution < 1.29 is 33.0 Å². The number of hydrogen-bond acceptors (Lipinski definition) is 6. The smallest absolute Gasteiger partial charge is 0.309 e. The van der Waals surface area contributed by atoms with Gasteiger partial charge < -0.3 is 23.4 Å². The van der Waals surface area contributed by atoms with Crippen molar-refractivity contribution in [3.63, 3.8) is 0 Å². The van der Waals surface area contributed by atoms with Crippen LogP contribution in [0.25, 0.3) is 0 Å². The van der Waals surface area contributed by atoms with Gasteiger partial charge in [-0.1, -0.05) is 121 Å². The number of benzene rings is 1. The lowest BCUT2D eigenvalue weighted by atomic mass is 10.0. The molecule has 0 N–H and O–H groups in total. The summed E-state index contributed by atoms with van der Waals surface area (Å²) in [5.74, 6) is -0.808. The van der Waals surface area contributed by atoms with E-state index in [0.29, 0.717) is 30.8 Å². The highest BCUT2D eigenvalue weighted by Crippen LogP contribution is 2.13. The van der Waals surface area contributed by atoms with E-state index in [1.807, 2.05) is 51.5 Å². The van der Waals surface area contributed by atoms with Gasteiger partial charge in [-0.15, -0.1) is 0 Å². The van der Waals surface area contributed by atoms with Crippen molar-refractivity contribution in [1.29, 1.82) is 0 Å². The van der Waals surface area contributed by atoms with Crippen LogP contribution in [0.5, 0.6) is 0 Å². The van der Waals surface area contributed by atoms with Gasteiger partial charge in [0.15, 0.2) is 6.10 Å². The minimum atomic E-state index is -0.532. The van der Waals surface area contributed by atoms with E-state index < -0.39 is 18.0 Å². The van der Waals surface area contributed by atoms with Crippen LogP contribution in [0.4, 0.5) is 0 Å². The zero-order chi connectivity index (χ0) is 30.9. The predicted molar refractivity (Wildman–Crippen MR) is 170 cm³/mol. The number of unbranched alkanes of at least 4 members (excludes halogenated alkanes) is 13. The van der Waals surface area contributed by atoms with Crippen molar-refractivity contribution in [2.24, 2.45) is 0 Å². The van der Waals surface area contributed by atoms with Crippen LogP contribution in [0.1, 0.15) is 116 Å².